The van der Waals surface area contributed by atoms with Gasteiger partial charge in [0.25, 0.3) is 0 Å². The molecule has 0 aliphatic carbocycles. The van der Waals surface area contributed by atoms with Crippen molar-refractivity contribution in [2.24, 2.45) is 0 Å². The van der Waals surface area contributed by atoms with Crippen LogP contribution >= 0.6 is 0 Å². The van der Waals surface area contributed by atoms with Gasteiger partial charge in [-0.25, -0.2) is 4.79 Å². The summed E-state index contributed by atoms with van der Waals surface area (Å²) in [6, 6.07) is -4.05. The average molecular weight is 666 g/mol. The summed E-state index contributed by atoms with van der Waals surface area (Å²) in [5.74, 6) is -4.18. The number of aliphatic carboxylic acids is 1. The van der Waals surface area contributed by atoms with Crippen LogP contribution in [0.4, 0.5) is 0 Å². The summed E-state index contributed by atoms with van der Waals surface area (Å²) in [4.78, 5) is 60.7. The lowest BCUT2D eigenvalue weighted by atomic mass is 9.93. The van der Waals surface area contributed by atoms with E-state index in [9.17, 15) is 44.4 Å². The molecule has 0 aromatic rings. The van der Waals surface area contributed by atoms with Crippen LogP contribution in [0.1, 0.15) is 41.5 Å². The van der Waals surface area contributed by atoms with E-state index in [1.165, 1.54) is 20.8 Å². The molecule has 0 aromatic heterocycles. The smallest absolute Gasteiger partial charge is 0.335 e. The second-order valence-corrected chi connectivity index (χ2v) is 11.3. The van der Waals surface area contributed by atoms with Gasteiger partial charge in [-0.1, -0.05) is 0 Å². The van der Waals surface area contributed by atoms with E-state index in [2.05, 4.69) is 16.0 Å². The Morgan fingerprint density at radius 2 is 1.15 bits per heavy atom. The summed E-state index contributed by atoms with van der Waals surface area (Å²) in [6.07, 6.45) is -17.3. The van der Waals surface area contributed by atoms with Crippen molar-refractivity contribution in [2.45, 2.75) is 133 Å². The number of rotatable bonds is 10. The Morgan fingerprint density at radius 3 is 1.67 bits per heavy atom. The Balaban J connectivity index is 2.01. The van der Waals surface area contributed by atoms with Crippen LogP contribution in [0.3, 0.4) is 0 Å². The Bertz CT molecular complexity index is 1130. The maximum Gasteiger partial charge on any atom is 0.335 e. The summed E-state index contributed by atoms with van der Waals surface area (Å²) in [6.45, 7) is 7.47. The van der Waals surface area contributed by atoms with E-state index in [1.807, 2.05) is 0 Å². The third-order valence-corrected chi connectivity index (χ3v) is 7.70. The molecule has 3 aliphatic heterocycles. The molecule has 3 heterocycles. The number of aliphatic hydroxyl groups excluding tert-OH is 3. The lowest BCUT2D eigenvalue weighted by Gasteiger charge is -2.50. The van der Waals surface area contributed by atoms with Gasteiger partial charge >= 0.3 is 11.9 Å². The van der Waals surface area contributed by atoms with Crippen molar-refractivity contribution in [3.63, 3.8) is 0 Å². The predicted octanol–water partition coefficient (Wildman–Crippen LogP) is -3.77. The van der Waals surface area contributed by atoms with Crippen molar-refractivity contribution in [1.29, 1.82) is 0 Å². The molecule has 3 rings (SSSR count). The Labute approximate surface area is 264 Å². The molecule has 19 nitrogen and oxygen atoms in total. The van der Waals surface area contributed by atoms with Crippen LogP contribution in [0.25, 0.3) is 0 Å². The number of carboxylic acid groups (broad SMARTS) is 1. The van der Waals surface area contributed by atoms with Crippen LogP contribution in [-0.2, 0) is 57.1 Å². The molecule has 3 aliphatic rings. The van der Waals surface area contributed by atoms with Gasteiger partial charge in [-0.05, 0) is 13.8 Å². The van der Waals surface area contributed by atoms with E-state index in [1.54, 1.807) is 0 Å². The molecule has 0 bridgehead atoms. The first-order chi connectivity index (χ1) is 21.5. The van der Waals surface area contributed by atoms with Crippen LogP contribution in [0.5, 0.6) is 0 Å². The minimum absolute atomic E-state index is 0.579. The van der Waals surface area contributed by atoms with Crippen molar-refractivity contribution in [1.82, 2.24) is 16.0 Å². The number of methoxy groups -OCH3 is 1. The van der Waals surface area contributed by atoms with E-state index in [-0.39, 0.29) is 0 Å². The number of carboxylic acids is 1. The van der Waals surface area contributed by atoms with Crippen molar-refractivity contribution >= 4 is 29.7 Å². The van der Waals surface area contributed by atoms with E-state index < -0.39 is 122 Å². The van der Waals surface area contributed by atoms with Gasteiger partial charge in [-0.15, -0.1) is 0 Å². The number of hydrogen-bond acceptors (Lipinski definition) is 15. The molecule has 0 aromatic carbocycles. The number of hydrogen-bond donors (Lipinski definition) is 7. The highest BCUT2D eigenvalue weighted by Crippen LogP contribution is 2.34. The van der Waals surface area contributed by atoms with Gasteiger partial charge in [0.15, 0.2) is 31.1 Å². The number of carbonyl (C=O) groups is 5. The van der Waals surface area contributed by atoms with Gasteiger partial charge in [0.05, 0.1) is 12.2 Å². The molecule has 46 heavy (non-hydrogen) atoms. The van der Waals surface area contributed by atoms with Crippen LogP contribution in [0.15, 0.2) is 0 Å². The first-order valence-electron chi connectivity index (χ1n) is 14.5. The normalized spacial score (nSPS) is 41.1. The second-order valence-electron chi connectivity index (χ2n) is 11.3. The Kier molecular flexibility index (Phi) is 12.8. The highest BCUT2D eigenvalue weighted by atomic mass is 16.7. The fourth-order valence-corrected chi connectivity index (χ4v) is 5.73. The fourth-order valence-electron chi connectivity index (χ4n) is 5.73. The van der Waals surface area contributed by atoms with Crippen LogP contribution in [0, 0.1) is 0 Å². The monoisotopic (exact) mass is 665 g/mol. The van der Waals surface area contributed by atoms with Gasteiger partial charge in [-0.2, -0.15) is 0 Å². The topological polar surface area (TPSA) is 267 Å². The van der Waals surface area contributed by atoms with Crippen molar-refractivity contribution < 1.29 is 77.6 Å². The predicted molar refractivity (Wildman–Crippen MR) is 148 cm³/mol. The summed E-state index contributed by atoms with van der Waals surface area (Å²) in [7, 11) is 1.15. The highest BCUT2D eigenvalue weighted by molar-refractivity contribution is 5.75. The molecule has 0 unspecified atom stereocenters. The average Bonchev–Trinajstić information content (AvgIpc) is 2.93. The highest BCUT2D eigenvalue weighted by Gasteiger charge is 2.56. The number of carbonyl (C=O) groups excluding carboxylic acids is 4. The SMILES string of the molecule is CO[C@H]1[C@H](O)[C@H](NC(C)=O)[C@H](O[C@H]2[C@@H](OC(C)=O)[C@H](NC(C)=O)[C@H](O[C@H]3[C@@H](O)[C@@H](C)O[C@@H](O)[C@@H]3NC(C)=O)O[C@H]2C)O[C@@H]1C(=O)O. The third kappa shape index (κ3) is 8.66. The minimum Gasteiger partial charge on any atom is -0.479 e. The number of esters is 1. The second kappa shape index (κ2) is 15.7. The molecule has 262 valence electrons. The summed E-state index contributed by atoms with van der Waals surface area (Å²) < 4.78 is 39.9. The van der Waals surface area contributed by atoms with Gasteiger partial charge in [0, 0.05) is 34.8 Å². The van der Waals surface area contributed by atoms with Gasteiger partial charge < -0.3 is 69.5 Å². The lowest BCUT2D eigenvalue weighted by molar-refractivity contribution is -0.342. The van der Waals surface area contributed by atoms with Crippen molar-refractivity contribution in [3.8, 4) is 0 Å². The standard InChI is InChI=1S/C27H43N3O16/c1-8-17(35)20(15(25(39)41-8)29-11(4)32)45-27-16(30-12(5)33)21(43-13(6)34)19(9(2)42-27)44-26-14(28-10(3)31)18(36)22(40-7)23(46-26)24(37)38/h8-9,14-23,25-27,35-36,39H,1-7H3,(H,28,31)(H,29,32)(H,30,33)(H,37,38)/t8-,9+,14+,15-,16+,17+,18-,19-,20-,21+,22+,23+,25-,26-,27+/m1/s1. The summed E-state index contributed by atoms with van der Waals surface area (Å²) in [5.41, 5.74) is 0. The molecule has 0 saturated carbocycles. The zero-order valence-electron chi connectivity index (χ0n) is 26.3. The maximum atomic E-state index is 12.4. The van der Waals surface area contributed by atoms with Crippen molar-refractivity contribution in [2.75, 3.05) is 7.11 Å². The first-order valence-corrected chi connectivity index (χ1v) is 14.5. The minimum atomic E-state index is -1.75. The Hall–Kier alpha value is -3.01. The van der Waals surface area contributed by atoms with Crippen LogP contribution < -0.4 is 16.0 Å². The number of amides is 3. The van der Waals surface area contributed by atoms with Gasteiger partial charge in [0.2, 0.25) is 17.7 Å². The Morgan fingerprint density at radius 1 is 0.630 bits per heavy atom. The van der Waals surface area contributed by atoms with Gasteiger partial charge in [-0.3, -0.25) is 19.2 Å². The van der Waals surface area contributed by atoms with Gasteiger partial charge in [0.1, 0.15) is 48.6 Å². The third-order valence-electron chi connectivity index (χ3n) is 7.70. The zero-order valence-corrected chi connectivity index (χ0v) is 26.3. The lowest BCUT2D eigenvalue weighted by Crippen LogP contribution is -2.71. The number of ether oxygens (including phenoxy) is 7. The van der Waals surface area contributed by atoms with E-state index in [4.69, 9.17) is 33.2 Å². The molecular formula is C27H43N3O16. The molecule has 3 amide bonds. The molecular weight excluding hydrogens is 622 g/mol. The number of aliphatic hydroxyl groups is 3. The van der Waals surface area contributed by atoms with Crippen molar-refractivity contribution in [3.05, 3.63) is 0 Å². The van der Waals surface area contributed by atoms with Crippen LogP contribution in [0.2, 0.25) is 0 Å². The van der Waals surface area contributed by atoms with E-state index >= 15 is 0 Å². The molecule has 3 fully saturated rings. The first kappa shape index (κ1) is 37.4. The summed E-state index contributed by atoms with van der Waals surface area (Å²) >= 11 is 0. The molecule has 0 spiro atoms. The van der Waals surface area contributed by atoms with E-state index in [0.717, 1.165) is 27.9 Å². The fraction of sp³-hybridized carbons (Fsp3) is 0.815. The van der Waals surface area contributed by atoms with E-state index in [0.29, 0.717) is 0 Å². The summed E-state index contributed by atoms with van der Waals surface area (Å²) in [5, 5.41) is 49.7. The number of nitrogens with one attached hydrogen (secondary N) is 3. The van der Waals surface area contributed by atoms with Crippen LogP contribution in [-0.4, -0.2) is 149 Å². The largest absolute Gasteiger partial charge is 0.479 e. The molecule has 3 saturated heterocycles. The molecule has 19 heteroatoms. The molecule has 15 atom stereocenters. The zero-order chi connectivity index (χ0) is 34.6. The quantitative estimate of drug-likeness (QED) is 0.110. The maximum absolute atomic E-state index is 12.4. The molecule has 7 N–H and O–H groups in total. The molecule has 0 radical (unpaired) electrons.